The molecule has 0 spiro atoms. The summed E-state index contributed by atoms with van der Waals surface area (Å²) < 4.78 is 48.7. The maximum atomic E-state index is 15.0. The molecule has 4 aromatic rings. The molecule has 0 saturated carbocycles. The van der Waals surface area contributed by atoms with Gasteiger partial charge in [0.2, 0.25) is 0 Å². The fourth-order valence-corrected chi connectivity index (χ4v) is 5.65. The molecule has 0 unspecified atom stereocenters. The molecule has 6 rings (SSSR count). The first-order valence-corrected chi connectivity index (χ1v) is 14.7. The standard InChI is InChI=1S/C33H32F2N4O5/c34-27-13-21(17-36)4-5-30(27)43-20-22-2-1-3-25(12-22)44-24-6-9-38(10-7-24)19-31-37-33-28(35)14-23(16-32(40)41)15-29(33)39(31)18-26-8-11-42-26/h1-5,12-15,24,26H,6-11,16,18-20H2,(H,40,41)/t26-/m0/s1. The van der Waals surface area contributed by atoms with Crippen LogP contribution in [0, 0.1) is 23.0 Å². The fraction of sp³-hybridized carbons (Fsp3) is 0.364. The van der Waals surface area contributed by atoms with E-state index in [9.17, 15) is 14.3 Å². The Balaban J connectivity index is 1.07. The SMILES string of the molecule is N#Cc1ccc(OCc2cccc(OC3CCN(Cc4nc5c(F)cc(CC(=O)O)cc5n4C[C@@H]4CCO4)CC3)c2)c(F)c1. The van der Waals surface area contributed by atoms with Crippen molar-refractivity contribution < 1.29 is 32.9 Å². The van der Waals surface area contributed by atoms with Crippen molar-refractivity contribution >= 4 is 17.0 Å². The Labute approximate surface area is 253 Å². The highest BCUT2D eigenvalue weighted by Gasteiger charge is 2.26. The molecule has 1 atom stereocenters. The van der Waals surface area contributed by atoms with Gasteiger partial charge < -0.3 is 23.9 Å². The van der Waals surface area contributed by atoms with Crippen molar-refractivity contribution in [2.24, 2.45) is 0 Å². The van der Waals surface area contributed by atoms with E-state index in [1.54, 1.807) is 6.07 Å². The quantitative estimate of drug-likeness (QED) is 0.249. The Bertz CT molecular complexity index is 1710. The predicted molar refractivity (Wildman–Crippen MR) is 156 cm³/mol. The molecule has 2 aliphatic rings. The lowest BCUT2D eigenvalue weighted by atomic mass is 10.1. The zero-order valence-corrected chi connectivity index (χ0v) is 24.0. The predicted octanol–water partition coefficient (Wildman–Crippen LogP) is 5.22. The smallest absolute Gasteiger partial charge is 0.307 e. The van der Waals surface area contributed by atoms with E-state index in [4.69, 9.17) is 19.5 Å². The summed E-state index contributed by atoms with van der Waals surface area (Å²) >= 11 is 0. The zero-order valence-electron chi connectivity index (χ0n) is 24.0. The highest BCUT2D eigenvalue weighted by atomic mass is 19.1. The van der Waals surface area contributed by atoms with Crippen molar-refractivity contribution in [3.8, 4) is 17.6 Å². The zero-order chi connectivity index (χ0) is 30.6. The summed E-state index contributed by atoms with van der Waals surface area (Å²) in [5.74, 6) is -0.591. The first-order chi connectivity index (χ1) is 21.3. The lowest BCUT2D eigenvalue weighted by Gasteiger charge is -2.32. The molecule has 9 nitrogen and oxygen atoms in total. The summed E-state index contributed by atoms with van der Waals surface area (Å²) in [6.07, 6.45) is 2.28. The average molecular weight is 603 g/mol. The third-order valence-corrected chi connectivity index (χ3v) is 8.04. The third-order valence-electron chi connectivity index (χ3n) is 8.04. The minimum Gasteiger partial charge on any atom is -0.490 e. The lowest BCUT2D eigenvalue weighted by Crippen LogP contribution is -2.39. The number of hydrogen-bond acceptors (Lipinski definition) is 7. The number of halogens is 2. The number of fused-ring (bicyclic) bond motifs is 1. The van der Waals surface area contributed by atoms with Gasteiger partial charge in [-0.1, -0.05) is 12.1 Å². The highest BCUT2D eigenvalue weighted by Crippen LogP contribution is 2.27. The number of nitrogens with zero attached hydrogens (tertiary/aromatic N) is 4. The van der Waals surface area contributed by atoms with Crippen LogP contribution in [0.2, 0.25) is 0 Å². The second-order valence-corrected chi connectivity index (χ2v) is 11.2. The first-order valence-electron chi connectivity index (χ1n) is 14.7. The number of carboxylic acids is 1. The monoisotopic (exact) mass is 602 g/mol. The van der Waals surface area contributed by atoms with Crippen LogP contribution < -0.4 is 9.47 Å². The van der Waals surface area contributed by atoms with Gasteiger partial charge in [0.15, 0.2) is 17.4 Å². The summed E-state index contributed by atoms with van der Waals surface area (Å²) in [7, 11) is 0. The number of aromatic nitrogens is 2. The third kappa shape index (κ3) is 6.82. The minimum atomic E-state index is -1.01. The summed E-state index contributed by atoms with van der Waals surface area (Å²) in [6.45, 7) is 3.45. The van der Waals surface area contributed by atoms with Gasteiger partial charge in [0.1, 0.15) is 29.8 Å². The molecule has 44 heavy (non-hydrogen) atoms. The van der Waals surface area contributed by atoms with Crippen molar-refractivity contribution in [3.05, 3.63) is 88.7 Å². The summed E-state index contributed by atoms with van der Waals surface area (Å²) in [4.78, 5) is 18.2. The Kier molecular flexibility index (Phi) is 8.72. The van der Waals surface area contributed by atoms with E-state index in [1.165, 1.54) is 18.2 Å². The van der Waals surface area contributed by atoms with Crippen LogP contribution in [0.25, 0.3) is 11.0 Å². The minimum absolute atomic E-state index is 0.0107. The lowest BCUT2D eigenvalue weighted by molar-refractivity contribution is -0.136. The van der Waals surface area contributed by atoms with Crippen molar-refractivity contribution in [1.82, 2.24) is 14.5 Å². The van der Waals surface area contributed by atoms with Crippen molar-refractivity contribution in [3.63, 3.8) is 0 Å². The van der Waals surface area contributed by atoms with E-state index in [0.717, 1.165) is 49.8 Å². The number of piperidine rings is 1. The van der Waals surface area contributed by atoms with Gasteiger partial charge in [-0.05, 0) is 72.9 Å². The van der Waals surface area contributed by atoms with Gasteiger partial charge in [0.05, 0.1) is 42.8 Å². The number of ether oxygens (including phenoxy) is 3. The molecular formula is C33H32F2N4O5. The second-order valence-electron chi connectivity index (χ2n) is 11.2. The van der Waals surface area contributed by atoms with Gasteiger partial charge in [-0.2, -0.15) is 5.26 Å². The number of carbonyl (C=O) groups is 1. The molecule has 0 radical (unpaired) electrons. The molecule has 11 heteroatoms. The summed E-state index contributed by atoms with van der Waals surface area (Å²) in [5, 5.41) is 18.1. The van der Waals surface area contributed by atoms with Crippen molar-refractivity contribution in [2.45, 2.75) is 57.6 Å². The Hall–Kier alpha value is -4.53. The van der Waals surface area contributed by atoms with Crippen LogP contribution in [0.3, 0.4) is 0 Å². The van der Waals surface area contributed by atoms with Crippen LogP contribution in [0.1, 0.15) is 41.8 Å². The number of nitriles is 1. The first kappa shape index (κ1) is 29.5. The average Bonchev–Trinajstić information content (AvgIpc) is 3.32. The molecule has 0 bridgehead atoms. The van der Waals surface area contributed by atoms with Crippen LogP contribution in [-0.4, -0.2) is 57.4 Å². The number of imidazole rings is 1. The van der Waals surface area contributed by atoms with E-state index < -0.39 is 17.6 Å². The fourth-order valence-electron chi connectivity index (χ4n) is 5.65. The van der Waals surface area contributed by atoms with E-state index in [2.05, 4.69) is 9.88 Å². The molecule has 3 heterocycles. The van der Waals surface area contributed by atoms with Gasteiger partial charge in [-0.25, -0.2) is 13.8 Å². The van der Waals surface area contributed by atoms with E-state index in [0.29, 0.717) is 36.5 Å². The Morgan fingerprint density at radius 3 is 2.59 bits per heavy atom. The summed E-state index contributed by atoms with van der Waals surface area (Å²) in [5.41, 5.74) is 2.31. The van der Waals surface area contributed by atoms with Crippen LogP contribution in [-0.2, 0) is 35.6 Å². The Morgan fingerprint density at radius 1 is 1.07 bits per heavy atom. The van der Waals surface area contributed by atoms with E-state index in [1.807, 2.05) is 34.9 Å². The van der Waals surface area contributed by atoms with Gasteiger partial charge in [-0.3, -0.25) is 9.69 Å². The molecule has 2 saturated heterocycles. The van der Waals surface area contributed by atoms with E-state index in [-0.39, 0.29) is 42.1 Å². The topological polar surface area (TPSA) is 110 Å². The largest absolute Gasteiger partial charge is 0.490 e. The molecular weight excluding hydrogens is 570 g/mol. The number of rotatable bonds is 11. The molecule has 3 aromatic carbocycles. The summed E-state index contributed by atoms with van der Waals surface area (Å²) in [6, 6.07) is 16.5. The van der Waals surface area contributed by atoms with Gasteiger partial charge in [-0.15, -0.1) is 0 Å². The van der Waals surface area contributed by atoms with Crippen LogP contribution in [0.15, 0.2) is 54.6 Å². The number of aliphatic carboxylic acids is 1. The molecule has 2 fully saturated rings. The molecule has 0 aliphatic carbocycles. The van der Waals surface area contributed by atoms with Crippen LogP contribution >= 0.6 is 0 Å². The number of benzene rings is 3. The normalized spacial score (nSPS) is 17.2. The van der Waals surface area contributed by atoms with Crippen LogP contribution in [0.4, 0.5) is 8.78 Å². The van der Waals surface area contributed by atoms with E-state index >= 15 is 4.39 Å². The van der Waals surface area contributed by atoms with Gasteiger partial charge in [0.25, 0.3) is 0 Å². The molecule has 2 aliphatic heterocycles. The van der Waals surface area contributed by atoms with Gasteiger partial charge in [0, 0.05) is 19.7 Å². The number of carboxylic acid groups (broad SMARTS) is 1. The van der Waals surface area contributed by atoms with Crippen molar-refractivity contribution in [1.29, 1.82) is 5.26 Å². The van der Waals surface area contributed by atoms with Crippen molar-refractivity contribution in [2.75, 3.05) is 19.7 Å². The van der Waals surface area contributed by atoms with Crippen LogP contribution in [0.5, 0.6) is 11.5 Å². The molecule has 1 aromatic heterocycles. The molecule has 228 valence electrons. The second kappa shape index (κ2) is 13.0. The Morgan fingerprint density at radius 2 is 1.89 bits per heavy atom. The maximum absolute atomic E-state index is 15.0. The highest BCUT2D eigenvalue weighted by molar-refractivity contribution is 5.80. The number of likely N-dealkylation sites (tertiary alicyclic amines) is 1. The maximum Gasteiger partial charge on any atom is 0.307 e. The molecule has 0 amide bonds. The molecule has 1 N–H and O–H groups in total. The van der Waals surface area contributed by atoms with Gasteiger partial charge >= 0.3 is 5.97 Å². The number of hydrogen-bond donors (Lipinski definition) is 1.